The molecule has 4 aliphatic rings. The first kappa shape index (κ1) is 12.0. The fraction of sp³-hybridized carbons (Fsp3) is 0.533. The number of carbonyl (C=O) groups is 1. The van der Waals surface area contributed by atoms with Gasteiger partial charge in [0.25, 0.3) is 5.91 Å². The van der Waals surface area contributed by atoms with E-state index in [1.165, 1.54) is 25.9 Å². The normalized spacial score (nSPS) is 30.3. The Morgan fingerprint density at radius 3 is 2.75 bits per heavy atom. The summed E-state index contributed by atoms with van der Waals surface area (Å²) >= 11 is 0. The molecule has 0 unspecified atom stereocenters. The zero-order valence-electron chi connectivity index (χ0n) is 11.3. The number of ether oxygens (including phenoxy) is 2. The Bertz CT molecular complexity index is 538. The van der Waals surface area contributed by atoms with E-state index in [1.54, 1.807) is 18.2 Å². The quantitative estimate of drug-likeness (QED) is 0.881. The first-order valence-electron chi connectivity index (χ1n) is 7.22. The molecule has 3 fully saturated rings. The van der Waals surface area contributed by atoms with Crippen molar-refractivity contribution in [1.82, 2.24) is 10.2 Å². The van der Waals surface area contributed by atoms with Crippen molar-refractivity contribution in [3.63, 3.8) is 0 Å². The van der Waals surface area contributed by atoms with Crippen molar-refractivity contribution >= 4 is 5.91 Å². The highest BCUT2D eigenvalue weighted by Crippen LogP contribution is 2.33. The summed E-state index contributed by atoms with van der Waals surface area (Å²) in [5, 5.41) is 3.18. The zero-order chi connectivity index (χ0) is 13.5. The molecule has 1 N–H and O–H groups in total. The molecule has 4 aliphatic heterocycles. The lowest BCUT2D eigenvalue weighted by molar-refractivity contribution is 0.0620. The van der Waals surface area contributed by atoms with Gasteiger partial charge >= 0.3 is 0 Å². The van der Waals surface area contributed by atoms with E-state index < -0.39 is 0 Å². The molecule has 0 radical (unpaired) electrons. The van der Waals surface area contributed by atoms with Crippen LogP contribution in [0.5, 0.6) is 11.5 Å². The summed E-state index contributed by atoms with van der Waals surface area (Å²) in [5.41, 5.74) is 0.644. The van der Waals surface area contributed by atoms with Gasteiger partial charge < -0.3 is 19.7 Å². The molecule has 0 aliphatic carbocycles. The van der Waals surface area contributed by atoms with Crippen LogP contribution in [0.15, 0.2) is 18.2 Å². The third-order valence-corrected chi connectivity index (χ3v) is 4.61. The number of benzene rings is 1. The number of fused-ring (bicyclic) bond motifs is 4. The van der Waals surface area contributed by atoms with Crippen LogP contribution in [0.25, 0.3) is 0 Å². The van der Waals surface area contributed by atoms with Crippen molar-refractivity contribution in [2.75, 3.05) is 26.4 Å². The van der Waals surface area contributed by atoms with Gasteiger partial charge in [-0.05, 0) is 50.0 Å². The van der Waals surface area contributed by atoms with Crippen LogP contribution in [0, 0.1) is 5.92 Å². The summed E-state index contributed by atoms with van der Waals surface area (Å²) in [6, 6.07) is 5.65. The van der Waals surface area contributed by atoms with Gasteiger partial charge in [-0.2, -0.15) is 0 Å². The topological polar surface area (TPSA) is 50.8 Å². The van der Waals surface area contributed by atoms with E-state index in [-0.39, 0.29) is 18.7 Å². The van der Waals surface area contributed by atoms with Crippen molar-refractivity contribution in [2.24, 2.45) is 5.92 Å². The molecule has 1 atom stereocenters. The highest BCUT2D eigenvalue weighted by atomic mass is 16.7. The first-order chi connectivity index (χ1) is 9.79. The molecule has 3 saturated heterocycles. The van der Waals surface area contributed by atoms with Crippen LogP contribution in [0.3, 0.4) is 0 Å². The van der Waals surface area contributed by atoms with Crippen LogP contribution in [-0.2, 0) is 0 Å². The van der Waals surface area contributed by atoms with Gasteiger partial charge in [-0.25, -0.2) is 0 Å². The van der Waals surface area contributed by atoms with Crippen LogP contribution in [0.2, 0.25) is 0 Å². The van der Waals surface area contributed by atoms with Crippen LogP contribution < -0.4 is 14.8 Å². The minimum atomic E-state index is -0.0120. The third-order valence-electron chi connectivity index (χ3n) is 4.61. The smallest absolute Gasteiger partial charge is 0.251 e. The van der Waals surface area contributed by atoms with E-state index >= 15 is 0 Å². The van der Waals surface area contributed by atoms with E-state index in [1.807, 2.05) is 0 Å². The molecule has 2 bridgehead atoms. The summed E-state index contributed by atoms with van der Waals surface area (Å²) in [4.78, 5) is 14.8. The van der Waals surface area contributed by atoms with Crippen LogP contribution >= 0.6 is 0 Å². The fourth-order valence-electron chi connectivity index (χ4n) is 3.42. The molecule has 20 heavy (non-hydrogen) atoms. The summed E-state index contributed by atoms with van der Waals surface area (Å²) in [6.45, 7) is 3.59. The first-order valence-corrected chi connectivity index (χ1v) is 7.22. The van der Waals surface area contributed by atoms with Gasteiger partial charge in [0.15, 0.2) is 11.5 Å². The van der Waals surface area contributed by atoms with Gasteiger partial charge in [-0.3, -0.25) is 4.79 Å². The second kappa shape index (κ2) is 4.66. The average Bonchev–Trinajstić information content (AvgIpc) is 2.96. The Labute approximate surface area is 117 Å². The number of nitrogens with one attached hydrogen (secondary N) is 1. The number of rotatable bonds is 2. The maximum atomic E-state index is 12.4. The Morgan fingerprint density at radius 2 is 2.00 bits per heavy atom. The van der Waals surface area contributed by atoms with Crippen molar-refractivity contribution in [3.05, 3.63) is 23.8 Å². The summed E-state index contributed by atoms with van der Waals surface area (Å²) in [7, 11) is 0. The van der Waals surface area contributed by atoms with Gasteiger partial charge in [0.2, 0.25) is 6.79 Å². The Morgan fingerprint density at radius 1 is 1.20 bits per heavy atom. The van der Waals surface area contributed by atoms with Gasteiger partial charge in [0, 0.05) is 18.2 Å². The number of hydrogen-bond donors (Lipinski definition) is 1. The number of carbonyl (C=O) groups excluding carboxylic acids is 1. The van der Waals surface area contributed by atoms with Gasteiger partial charge in [0.1, 0.15) is 0 Å². The van der Waals surface area contributed by atoms with Gasteiger partial charge in [0.05, 0.1) is 0 Å². The van der Waals surface area contributed by atoms with Crippen LogP contribution in [0.4, 0.5) is 0 Å². The average molecular weight is 274 g/mol. The van der Waals surface area contributed by atoms with Crippen LogP contribution in [-0.4, -0.2) is 43.3 Å². The molecule has 1 aromatic carbocycles. The van der Waals surface area contributed by atoms with E-state index in [2.05, 4.69) is 10.2 Å². The molecule has 5 rings (SSSR count). The number of nitrogens with zero attached hydrogens (tertiary/aromatic N) is 1. The molecular formula is C15H18N2O3. The van der Waals surface area contributed by atoms with Crippen molar-refractivity contribution in [2.45, 2.75) is 18.9 Å². The number of piperidine rings is 3. The van der Waals surface area contributed by atoms with Gasteiger partial charge in [-0.15, -0.1) is 0 Å². The summed E-state index contributed by atoms with van der Waals surface area (Å²) in [6.07, 6.45) is 2.40. The van der Waals surface area contributed by atoms with Crippen molar-refractivity contribution in [3.8, 4) is 11.5 Å². The molecule has 0 aromatic heterocycles. The minimum Gasteiger partial charge on any atom is -0.454 e. The summed E-state index contributed by atoms with van der Waals surface area (Å²) in [5.74, 6) is 2.00. The lowest BCUT2D eigenvalue weighted by Crippen LogP contribution is -2.57. The lowest BCUT2D eigenvalue weighted by atomic mass is 9.84. The van der Waals surface area contributed by atoms with E-state index in [0.717, 1.165) is 6.54 Å². The van der Waals surface area contributed by atoms with E-state index in [9.17, 15) is 4.79 Å². The molecule has 5 nitrogen and oxygen atoms in total. The zero-order valence-corrected chi connectivity index (χ0v) is 11.3. The Balaban J connectivity index is 1.48. The molecule has 0 saturated carbocycles. The summed E-state index contributed by atoms with van der Waals surface area (Å²) < 4.78 is 10.6. The van der Waals surface area contributed by atoms with Crippen molar-refractivity contribution in [1.29, 1.82) is 0 Å². The maximum absolute atomic E-state index is 12.4. The number of amides is 1. The largest absolute Gasteiger partial charge is 0.454 e. The van der Waals surface area contributed by atoms with E-state index in [0.29, 0.717) is 23.0 Å². The second-order valence-corrected chi connectivity index (χ2v) is 5.79. The molecule has 5 heteroatoms. The van der Waals surface area contributed by atoms with Crippen LogP contribution in [0.1, 0.15) is 23.2 Å². The van der Waals surface area contributed by atoms with Crippen molar-refractivity contribution < 1.29 is 14.3 Å². The second-order valence-electron chi connectivity index (χ2n) is 5.79. The maximum Gasteiger partial charge on any atom is 0.251 e. The van der Waals surface area contributed by atoms with E-state index in [4.69, 9.17) is 9.47 Å². The molecule has 106 valence electrons. The molecular weight excluding hydrogens is 256 g/mol. The molecule has 0 spiro atoms. The lowest BCUT2D eigenvalue weighted by Gasteiger charge is -2.44. The standard InChI is InChI=1S/C15H18N2O3/c18-15(11-1-2-13-14(7-11)20-9-19-13)16-12-8-17-5-3-10(12)4-6-17/h1-2,7,10,12H,3-6,8-9H2,(H,16,18)/t12-/m1/s1. The highest BCUT2D eigenvalue weighted by molar-refractivity contribution is 5.95. The fourth-order valence-corrected chi connectivity index (χ4v) is 3.42. The monoisotopic (exact) mass is 274 g/mol. The Kier molecular flexibility index (Phi) is 2.80. The SMILES string of the molecule is O=C(N[C@@H]1CN2CCC1CC2)c1ccc2c(c1)OCO2. The minimum absolute atomic E-state index is 0.0120. The molecule has 1 amide bonds. The predicted octanol–water partition coefficient (Wildman–Crippen LogP) is 1.24. The highest BCUT2D eigenvalue weighted by Gasteiger charge is 2.35. The predicted molar refractivity (Wildman–Crippen MR) is 73.0 cm³/mol. The molecule has 1 aromatic rings. The molecule has 4 heterocycles. The number of hydrogen-bond acceptors (Lipinski definition) is 4. The van der Waals surface area contributed by atoms with Gasteiger partial charge in [-0.1, -0.05) is 0 Å². The Hall–Kier alpha value is -1.75. The third kappa shape index (κ3) is 2.02.